The van der Waals surface area contributed by atoms with Crippen molar-refractivity contribution >= 4 is 29.2 Å². The number of hydrazone groups is 1. The zero-order valence-corrected chi connectivity index (χ0v) is 17.9. The van der Waals surface area contributed by atoms with Crippen molar-refractivity contribution < 1.29 is 19.6 Å². The molecule has 1 amide bonds. The molecule has 10 heteroatoms. The summed E-state index contributed by atoms with van der Waals surface area (Å²) >= 11 is 0. The van der Waals surface area contributed by atoms with Crippen LogP contribution >= 0.6 is 0 Å². The minimum Gasteiger partial charge on any atom is -0.507 e. The predicted molar refractivity (Wildman–Crippen MR) is 123 cm³/mol. The fourth-order valence-electron chi connectivity index (χ4n) is 2.77. The molecule has 0 heterocycles. The topological polar surface area (TPSA) is 139 Å². The second-order valence-corrected chi connectivity index (χ2v) is 7.07. The minimum atomic E-state index is -0.499. The third-order valence-electron chi connectivity index (χ3n) is 4.43. The molecule has 168 valence electrons. The number of nitro benzene ring substituents is 1. The van der Waals surface area contributed by atoms with Gasteiger partial charge >= 0.3 is 0 Å². The lowest BCUT2D eigenvalue weighted by Gasteiger charge is -2.08. The summed E-state index contributed by atoms with van der Waals surface area (Å²) in [6.45, 7) is 3.66. The maximum Gasteiger partial charge on any atom is 0.277 e. The van der Waals surface area contributed by atoms with Gasteiger partial charge in [0.25, 0.3) is 11.6 Å². The van der Waals surface area contributed by atoms with Crippen LogP contribution in [0.25, 0.3) is 0 Å². The van der Waals surface area contributed by atoms with Gasteiger partial charge in [-0.3, -0.25) is 14.9 Å². The zero-order chi connectivity index (χ0) is 23.8. The van der Waals surface area contributed by atoms with Gasteiger partial charge in [-0.15, -0.1) is 0 Å². The van der Waals surface area contributed by atoms with Crippen LogP contribution in [0.3, 0.4) is 0 Å². The number of hydrogen-bond donors (Lipinski definition) is 2. The maximum atomic E-state index is 12.0. The largest absolute Gasteiger partial charge is 0.507 e. The first-order valence-corrected chi connectivity index (χ1v) is 9.83. The highest BCUT2D eigenvalue weighted by Gasteiger charge is 2.06. The number of nitro groups is 1. The van der Waals surface area contributed by atoms with Crippen LogP contribution in [-0.4, -0.2) is 28.8 Å². The number of nitrogens with zero attached hydrogens (tertiary/aromatic N) is 4. The molecule has 2 N–H and O–H groups in total. The van der Waals surface area contributed by atoms with Gasteiger partial charge in [0.1, 0.15) is 11.5 Å². The normalized spacial score (nSPS) is 11.1. The van der Waals surface area contributed by atoms with E-state index in [1.165, 1.54) is 48.7 Å². The second-order valence-electron chi connectivity index (χ2n) is 7.07. The van der Waals surface area contributed by atoms with E-state index in [2.05, 4.69) is 20.8 Å². The van der Waals surface area contributed by atoms with Crippen LogP contribution in [0.4, 0.5) is 17.1 Å². The molecule has 3 aromatic carbocycles. The summed E-state index contributed by atoms with van der Waals surface area (Å²) in [5, 5.41) is 32.6. The van der Waals surface area contributed by atoms with Gasteiger partial charge in [0.05, 0.1) is 22.5 Å². The highest BCUT2D eigenvalue weighted by molar-refractivity contribution is 5.86. The fourth-order valence-corrected chi connectivity index (χ4v) is 2.77. The number of rotatable bonds is 8. The van der Waals surface area contributed by atoms with Gasteiger partial charge in [0, 0.05) is 17.7 Å². The molecule has 0 aliphatic carbocycles. The Morgan fingerprint density at radius 1 is 1.06 bits per heavy atom. The van der Waals surface area contributed by atoms with E-state index in [4.69, 9.17) is 4.74 Å². The zero-order valence-electron chi connectivity index (χ0n) is 17.9. The molecule has 0 saturated heterocycles. The number of non-ortho nitro benzene ring substituents is 1. The number of amides is 1. The average Bonchev–Trinajstić information content (AvgIpc) is 2.79. The van der Waals surface area contributed by atoms with E-state index in [9.17, 15) is 20.0 Å². The maximum absolute atomic E-state index is 12.0. The Morgan fingerprint density at radius 2 is 1.76 bits per heavy atom. The highest BCUT2D eigenvalue weighted by Crippen LogP contribution is 2.25. The summed E-state index contributed by atoms with van der Waals surface area (Å²) in [5.41, 5.74) is 5.48. The number of phenols is 1. The van der Waals surface area contributed by atoms with Crippen LogP contribution in [0.2, 0.25) is 0 Å². The molecule has 10 nitrogen and oxygen atoms in total. The first-order valence-electron chi connectivity index (χ1n) is 9.83. The number of aryl methyl sites for hydroxylation is 2. The van der Waals surface area contributed by atoms with Gasteiger partial charge < -0.3 is 9.84 Å². The highest BCUT2D eigenvalue weighted by atomic mass is 16.6. The number of azo groups is 1. The molecule has 0 aromatic heterocycles. The average molecular weight is 447 g/mol. The third-order valence-corrected chi connectivity index (χ3v) is 4.43. The summed E-state index contributed by atoms with van der Waals surface area (Å²) in [6.07, 6.45) is 1.27. The molecule has 0 saturated carbocycles. The molecule has 0 fully saturated rings. The van der Waals surface area contributed by atoms with E-state index in [-0.39, 0.29) is 18.0 Å². The molecule has 0 aliphatic heterocycles. The molecular formula is C23H21N5O5. The summed E-state index contributed by atoms with van der Waals surface area (Å²) in [6, 6.07) is 15.7. The second kappa shape index (κ2) is 10.6. The number of carbonyl (C=O) groups excluding carboxylic acids is 1. The number of aromatic hydroxyl groups is 1. The SMILES string of the molecule is Cc1ccc(OCC(=O)NN=Cc2cc(N=Nc3ccc([N+](=O)[O-])cc3)ccc2O)c(C)c1. The van der Waals surface area contributed by atoms with Gasteiger partial charge in [-0.25, -0.2) is 5.43 Å². The molecule has 0 bridgehead atoms. The molecule has 33 heavy (non-hydrogen) atoms. The Morgan fingerprint density at radius 3 is 2.45 bits per heavy atom. The van der Waals surface area contributed by atoms with Crippen molar-refractivity contribution in [3.05, 3.63) is 87.5 Å². The van der Waals surface area contributed by atoms with E-state index in [0.29, 0.717) is 22.7 Å². The van der Waals surface area contributed by atoms with Crippen LogP contribution in [-0.2, 0) is 4.79 Å². The number of benzene rings is 3. The molecule has 0 aliphatic rings. The van der Waals surface area contributed by atoms with E-state index < -0.39 is 10.8 Å². The standard InChI is InChI=1S/C23H21N5O5/c1-15-3-10-22(16(2)11-15)33-14-23(30)27-24-13-17-12-19(6-9-21(17)29)26-25-18-4-7-20(8-5-18)28(31)32/h3-13,29H,14H2,1-2H3,(H,27,30). The quantitative estimate of drug-likeness (QED) is 0.220. The summed E-state index contributed by atoms with van der Waals surface area (Å²) < 4.78 is 5.49. The molecule has 0 atom stereocenters. The van der Waals surface area contributed by atoms with Crippen molar-refractivity contribution in [1.82, 2.24) is 5.43 Å². The summed E-state index contributed by atoms with van der Waals surface area (Å²) in [5.74, 6) is 0.0944. The Labute approximate surface area is 189 Å². The lowest BCUT2D eigenvalue weighted by molar-refractivity contribution is -0.384. The van der Waals surface area contributed by atoms with Crippen molar-refractivity contribution in [3.8, 4) is 11.5 Å². The molecule has 0 radical (unpaired) electrons. The summed E-state index contributed by atoms with van der Waals surface area (Å²) in [7, 11) is 0. The lowest BCUT2D eigenvalue weighted by atomic mass is 10.1. The Bertz CT molecular complexity index is 1220. The van der Waals surface area contributed by atoms with Gasteiger partial charge in [0.2, 0.25) is 0 Å². The number of hydrogen-bond acceptors (Lipinski definition) is 8. The van der Waals surface area contributed by atoms with E-state index in [1.54, 1.807) is 6.07 Å². The van der Waals surface area contributed by atoms with Crippen LogP contribution in [0, 0.1) is 24.0 Å². The molecular weight excluding hydrogens is 426 g/mol. The fraction of sp³-hybridized carbons (Fsp3) is 0.130. The van der Waals surface area contributed by atoms with Crippen molar-refractivity contribution in [1.29, 1.82) is 0 Å². The van der Waals surface area contributed by atoms with Crippen LogP contribution in [0.5, 0.6) is 11.5 Å². The smallest absolute Gasteiger partial charge is 0.277 e. The first-order chi connectivity index (χ1) is 15.8. The van der Waals surface area contributed by atoms with Crippen LogP contribution in [0.15, 0.2) is 76.0 Å². The van der Waals surface area contributed by atoms with E-state index in [1.807, 2.05) is 26.0 Å². The van der Waals surface area contributed by atoms with Crippen LogP contribution in [0.1, 0.15) is 16.7 Å². The van der Waals surface area contributed by atoms with E-state index >= 15 is 0 Å². The minimum absolute atomic E-state index is 0.0430. The van der Waals surface area contributed by atoms with Crippen molar-refractivity contribution in [2.24, 2.45) is 15.3 Å². The van der Waals surface area contributed by atoms with Gasteiger partial charge in [-0.05, 0) is 55.8 Å². The van der Waals surface area contributed by atoms with Gasteiger partial charge in [-0.2, -0.15) is 15.3 Å². The van der Waals surface area contributed by atoms with Crippen molar-refractivity contribution in [3.63, 3.8) is 0 Å². The summed E-state index contributed by atoms with van der Waals surface area (Å²) in [4.78, 5) is 22.2. The number of phenolic OH excluding ortho intramolecular Hbond substituents is 1. The molecule has 3 aromatic rings. The van der Waals surface area contributed by atoms with E-state index in [0.717, 1.165) is 11.1 Å². The first kappa shape index (κ1) is 23.1. The molecule has 0 unspecified atom stereocenters. The predicted octanol–water partition coefficient (Wildman–Crippen LogP) is 4.86. The monoisotopic (exact) mass is 447 g/mol. The lowest BCUT2D eigenvalue weighted by Crippen LogP contribution is -2.24. The van der Waals surface area contributed by atoms with Gasteiger partial charge in [0.15, 0.2) is 6.61 Å². The van der Waals surface area contributed by atoms with Gasteiger partial charge in [-0.1, -0.05) is 17.7 Å². The van der Waals surface area contributed by atoms with Crippen LogP contribution < -0.4 is 10.2 Å². The third kappa shape index (κ3) is 6.69. The number of ether oxygens (including phenoxy) is 1. The molecule has 3 rings (SSSR count). The molecule has 0 spiro atoms. The Kier molecular flexibility index (Phi) is 7.43. The van der Waals surface area contributed by atoms with Crippen molar-refractivity contribution in [2.45, 2.75) is 13.8 Å². The Balaban J connectivity index is 1.58. The van der Waals surface area contributed by atoms with Crippen molar-refractivity contribution in [2.75, 3.05) is 6.61 Å². The number of carbonyl (C=O) groups is 1. The Hall–Kier alpha value is -4.60. The number of nitrogens with one attached hydrogen (secondary N) is 1.